The number of aryl methyl sites for hydroxylation is 1. The van der Waals surface area contributed by atoms with Crippen molar-refractivity contribution in [2.75, 3.05) is 26.9 Å². The van der Waals surface area contributed by atoms with Gasteiger partial charge in [0.2, 0.25) is 0 Å². The first kappa shape index (κ1) is 30.4. The van der Waals surface area contributed by atoms with Crippen molar-refractivity contribution >= 4 is 11.9 Å². The molecule has 3 aromatic carbocycles. The topological polar surface area (TPSA) is 71.1 Å². The molecule has 3 rings (SSSR count). The summed E-state index contributed by atoms with van der Waals surface area (Å²) < 4.78 is 21.4. The number of hydrogen-bond donors (Lipinski definition) is 0. The summed E-state index contributed by atoms with van der Waals surface area (Å²) in [5, 5.41) is 0. The van der Waals surface area contributed by atoms with Gasteiger partial charge in [-0.05, 0) is 71.8 Å². The number of methoxy groups -OCH3 is 1. The second-order valence-corrected chi connectivity index (χ2v) is 9.58. The van der Waals surface area contributed by atoms with E-state index < -0.39 is 11.9 Å². The number of unbranched alkanes of at least 4 members (excludes halogenated alkanes) is 2. The van der Waals surface area contributed by atoms with Gasteiger partial charge in [-0.25, -0.2) is 9.59 Å². The highest BCUT2D eigenvalue weighted by Crippen LogP contribution is 2.36. The minimum atomic E-state index is -0.502. The number of carbonyl (C=O) groups excluding carboxylic acids is 2. The fraction of sp³-hybridized carbons (Fsp3) is 0.294. The van der Waals surface area contributed by atoms with E-state index in [0.717, 1.165) is 28.7 Å². The van der Waals surface area contributed by atoms with E-state index in [0.29, 0.717) is 17.1 Å². The maximum atomic E-state index is 11.9. The predicted molar refractivity (Wildman–Crippen MR) is 158 cm³/mol. The Kier molecular flexibility index (Phi) is 11.7. The smallest absolute Gasteiger partial charge is 0.338 e. The van der Waals surface area contributed by atoms with Gasteiger partial charge >= 0.3 is 11.9 Å². The molecule has 0 aliphatic heterocycles. The van der Waals surface area contributed by atoms with Gasteiger partial charge in [0.1, 0.15) is 24.7 Å². The monoisotopic (exact) mass is 542 g/mol. The van der Waals surface area contributed by atoms with E-state index in [1.807, 2.05) is 30.3 Å². The van der Waals surface area contributed by atoms with Gasteiger partial charge < -0.3 is 18.9 Å². The van der Waals surface area contributed by atoms with Gasteiger partial charge in [-0.3, -0.25) is 0 Å². The lowest BCUT2D eigenvalue weighted by molar-refractivity contribution is -0.140. The van der Waals surface area contributed by atoms with Crippen molar-refractivity contribution in [3.8, 4) is 33.8 Å². The molecular formula is C34H38O6. The Hall–Kier alpha value is -4.16. The van der Waals surface area contributed by atoms with Gasteiger partial charge in [0.25, 0.3) is 0 Å². The molecule has 0 aromatic heterocycles. The molecule has 0 aliphatic rings. The van der Waals surface area contributed by atoms with E-state index in [2.05, 4.69) is 44.3 Å². The Morgan fingerprint density at radius 3 is 2.08 bits per heavy atom. The molecule has 0 radical (unpaired) electrons. The zero-order chi connectivity index (χ0) is 28.9. The fourth-order valence-corrected chi connectivity index (χ4v) is 4.06. The molecule has 0 amide bonds. The maximum Gasteiger partial charge on any atom is 0.338 e. The fourth-order valence-electron chi connectivity index (χ4n) is 4.06. The van der Waals surface area contributed by atoms with Crippen LogP contribution in [0.2, 0.25) is 0 Å². The zero-order valence-corrected chi connectivity index (χ0v) is 23.7. The molecule has 0 saturated heterocycles. The van der Waals surface area contributed by atoms with Crippen LogP contribution in [0, 0.1) is 0 Å². The molecule has 6 heteroatoms. The molecule has 6 nitrogen and oxygen atoms in total. The molecule has 0 heterocycles. The summed E-state index contributed by atoms with van der Waals surface area (Å²) in [4.78, 5) is 23.8. The summed E-state index contributed by atoms with van der Waals surface area (Å²) in [5.41, 5.74) is 5.93. The summed E-state index contributed by atoms with van der Waals surface area (Å²) in [5.74, 6) is 0.155. The quantitative estimate of drug-likeness (QED) is 0.0865. The van der Waals surface area contributed by atoms with E-state index in [1.54, 1.807) is 19.1 Å². The van der Waals surface area contributed by atoms with Crippen molar-refractivity contribution in [1.29, 1.82) is 0 Å². The first-order valence-corrected chi connectivity index (χ1v) is 13.5. The van der Waals surface area contributed by atoms with Crippen LogP contribution in [0.5, 0.6) is 11.5 Å². The average Bonchev–Trinajstić information content (AvgIpc) is 2.96. The molecule has 0 N–H and O–H groups in total. The highest BCUT2D eigenvalue weighted by Gasteiger charge is 2.12. The minimum absolute atomic E-state index is 0.0927. The molecule has 0 atom stereocenters. The van der Waals surface area contributed by atoms with E-state index in [4.69, 9.17) is 18.9 Å². The number of hydrogen-bond acceptors (Lipinski definition) is 6. The van der Waals surface area contributed by atoms with Crippen molar-refractivity contribution in [3.63, 3.8) is 0 Å². The number of carbonyl (C=O) groups is 2. The Balaban J connectivity index is 1.82. The molecule has 40 heavy (non-hydrogen) atoms. The van der Waals surface area contributed by atoms with Crippen molar-refractivity contribution in [1.82, 2.24) is 0 Å². The Morgan fingerprint density at radius 1 is 0.775 bits per heavy atom. The van der Waals surface area contributed by atoms with Crippen LogP contribution < -0.4 is 9.47 Å². The first-order valence-electron chi connectivity index (χ1n) is 13.5. The lowest BCUT2D eigenvalue weighted by Gasteiger charge is -2.15. The van der Waals surface area contributed by atoms with Crippen LogP contribution in [0.15, 0.2) is 91.0 Å². The molecule has 0 unspecified atom stereocenters. The van der Waals surface area contributed by atoms with Gasteiger partial charge in [-0.15, -0.1) is 0 Å². The SMILES string of the molecule is C=C(C)C(=O)Oc1ccc(-c2ccc(OCCOC(=O)C(=C)COC)cc2-c2ccc(CCCCC)cc2)cc1. The van der Waals surface area contributed by atoms with E-state index in [1.165, 1.54) is 31.9 Å². The molecule has 0 fully saturated rings. The van der Waals surface area contributed by atoms with Crippen molar-refractivity contribution in [3.05, 3.63) is 96.6 Å². The molecule has 210 valence electrons. The van der Waals surface area contributed by atoms with Crippen LogP contribution >= 0.6 is 0 Å². The van der Waals surface area contributed by atoms with E-state index in [9.17, 15) is 9.59 Å². The maximum absolute atomic E-state index is 11.9. The van der Waals surface area contributed by atoms with E-state index >= 15 is 0 Å². The molecular weight excluding hydrogens is 504 g/mol. The third-order valence-electron chi connectivity index (χ3n) is 6.24. The van der Waals surface area contributed by atoms with Crippen LogP contribution in [0.1, 0.15) is 38.7 Å². The predicted octanol–water partition coefficient (Wildman–Crippen LogP) is 7.36. The summed E-state index contributed by atoms with van der Waals surface area (Å²) in [6.07, 6.45) is 4.65. The third-order valence-corrected chi connectivity index (χ3v) is 6.24. The van der Waals surface area contributed by atoms with Gasteiger partial charge in [-0.2, -0.15) is 0 Å². The standard InChI is InChI=1S/C34H38O6/c1-6-7-8-9-26-10-12-28(13-11-26)32-22-30(38-20-21-39-34(36)25(4)23-37-5)18-19-31(32)27-14-16-29(17-15-27)40-33(35)24(2)3/h10-19,22H,2,4,6-9,20-21,23H2,1,3,5H3. The minimum Gasteiger partial charge on any atom is -0.490 e. The number of ether oxygens (including phenoxy) is 4. The molecule has 3 aromatic rings. The van der Waals surface area contributed by atoms with Gasteiger partial charge in [0, 0.05) is 12.7 Å². The lowest BCUT2D eigenvalue weighted by atomic mass is 9.93. The van der Waals surface area contributed by atoms with Gasteiger partial charge in [-0.1, -0.05) is 75.4 Å². The second kappa shape index (κ2) is 15.4. The highest BCUT2D eigenvalue weighted by molar-refractivity contribution is 5.89. The van der Waals surface area contributed by atoms with Crippen molar-refractivity contribution in [2.45, 2.75) is 39.5 Å². The third kappa shape index (κ3) is 8.95. The van der Waals surface area contributed by atoms with Crippen molar-refractivity contribution < 1.29 is 28.5 Å². The second-order valence-electron chi connectivity index (χ2n) is 9.58. The first-order chi connectivity index (χ1) is 19.3. The van der Waals surface area contributed by atoms with Gasteiger partial charge in [0.15, 0.2) is 0 Å². The van der Waals surface area contributed by atoms with Crippen LogP contribution in [0.3, 0.4) is 0 Å². The molecule has 0 aliphatic carbocycles. The van der Waals surface area contributed by atoms with E-state index in [-0.39, 0.29) is 25.4 Å². The van der Waals surface area contributed by atoms with Crippen molar-refractivity contribution in [2.24, 2.45) is 0 Å². The van der Waals surface area contributed by atoms with Crippen LogP contribution in [0.25, 0.3) is 22.3 Å². The Bertz CT molecular complexity index is 1310. The summed E-state index contributed by atoms with van der Waals surface area (Å²) in [6.45, 7) is 11.5. The normalized spacial score (nSPS) is 10.6. The Morgan fingerprint density at radius 2 is 1.43 bits per heavy atom. The van der Waals surface area contributed by atoms with Crippen LogP contribution in [-0.4, -0.2) is 38.9 Å². The molecule has 0 saturated carbocycles. The summed E-state index contributed by atoms with van der Waals surface area (Å²) >= 11 is 0. The number of rotatable bonds is 15. The molecule has 0 bridgehead atoms. The molecule has 0 spiro atoms. The number of esters is 2. The largest absolute Gasteiger partial charge is 0.490 e. The van der Waals surface area contributed by atoms with Gasteiger partial charge in [0.05, 0.1) is 12.2 Å². The van der Waals surface area contributed by atoms with Crippen LogP contribution in [0.4, 0.5) is 0 Å². The van der Waals surface area contributed by atoms with Crippen LogP contribution in [-0.2, 0) is 25.5 Å². The Labute approximate surface area is 237 Å². The number of benzene rings is 3. The summed E-state index contributed by atoms with van der Waals surface area (Å²) in [7, 11) is 1.50. The zero-order valence-electron chi connectivity index (χ0n) is 23.7. The summed E-state index contributed by atoms with van der Waals surface area (Å²) in [6, 6.07) is 21.9. The highest BCUT2D eigenvalue weighted by atomic mass is 16.6. The lowest BCUT2D eigenvalue weighted by Crippen LogP contribution is -2.15. The average molecular weight is 543 g/mol.